The van der Waals surface area contributed by atoms with Gasteiger partial charge in [-0.3, -0.25) is 14.7 Å². The molecule has 1 atom stereocenters. The Morgan fingerprint density at radius 1 is 1.35 bits per heavy atom. The summed E-state index contributed by atoms with van der Waals surface area (Å²) in [6.45, 7) is 5.50. The van der Waals surface area contributed by atoms with Gasteiger partial charge in [0.05, 0.1) is 11.6 Å². The Hall–Kier alpha value is -2.12. The number of carbonyl (C=O) groups excluding carboxylic acids is 1. The average molecular weight is 319 g/mol. The number of rotatable bonds is 4. The molecule has 1 aliphatic rings. The number of H-pyrrole nitrogens is 1. The number of benzene rings is 1. The molecule has 0 radical (unpaired) electrons. The van der Waals surface area contributed by atoms with E-state index < -0.39 is 11.9 Å². The molecule has 2 heterocycles. The molecule has 1 fully saturated rings. The summed E-state index contributed by atoms with van der Waals surface area (Å²) in [4.78, 5) is 29.1. The molecule has 1 aliphatic heterocycles. The summed E-state index contributed by atoms with van der Waals surface area (Å²) in [6.07, 6.45) is -0.00862. The number of hydrogen-bond acceptors (Lipinski definition) is 5. The van der Waals surface area contributed by atoms with Gasteiger partial charge in [0.25, 0.3) is 0 Å². The number of nitrogens with zero attached hydrogens (tertiary/aromatic N) is 2. The number of aliphatic hydroxyl groups excluding tert-OH is 1. The first kappa shape index (κ1) is 15.8. The minimum Gasteiger partial charge on any atom is -0.408 e. The smallest absolute Gasteiger partial charge is 0.408 e. The summed E-state index contributed by atoms with van der Waals surface area (Å²) in [5, 5.41) is 10.3. The van der Waals surface area contributed by atoms with Crippen LogP contribution in [0.3, 0.4) is 0 Å². The van der Waals surface area contributed by atoms with E-state index in [1.165, 1.54) is 0 Å². The van der Waals surface area contributed by atoms with Gasteiger partial charge in [0.2, 0.25) is 5.91 Å². The maximum absolute atomic E-state index is 11.3. The van der Waals surface area contributed by atoms with Crippen LogP contribution in [0.4, 0.5) is 0 Å². The van der Waals surface area contributed by atoms with E-state index in [1.54, 1.807) is 25.1 Å². The molecule has 7 nitrogen and oxygen atoms in total. The van der Waals surface area contributed by atoms with Crippen molar-refractivity contribution >= 4 is 17.0 Å². The van der Waals surface area contributed by atoms with Gasteiger partial charge in [-0.1, -0.05) is 6.07 Å². The summed E-state index contributed by atoms with van der Waals surface area (Å²) in [5.74, 6) is -0.374. The highest BCUT2D eigenvalue weighted by Crippen LogP contribution is 2.21. The second-order valence-corrected chi connectivity index (χ2v) is 5.92. The Morgan fingerprint density at radius 2 is 2.09 bits per heavy atom. The second-order valence-electron chi connectivity index (χ2n) is 5.92. The fourth-order valence-corrected chi connectivity index (χ4v) is 2.93. The Kier molecular flexibility index (Phi) is 4.49. The first-order valence-electron chi connectivity index (χ1n) is 7.81. The topological polar surface area (TPSA) is 89.8 Å². The normalized spacial score (nSPS) is 17.6. The van der Waals surface area contributed by atoms with Crippen LogP contribution in [0.15, 0.2) is 27.4 Å². The molecule has 2 aromatic rings. The van der Waals surface area contributed by atoms with Crippen LogP contribution in [0.5, 0.6) is 0 Å². The number of piperazine rings is 1. The van der Waals surface area contributed by atoms with E-state index in [-0.39, 0.29) is 5.91 Å². The van der Waals surface area contributed by atoms with Crippen LogP contribution >= 0.6 is 0 Å². The van der Waals surface area contributed by atoms with Crippen molar-refractivity contribution in [2.45, 2.75) is 19.4 Å². The molecular weight excluding hydrogens is 298 g/mol. The number of amides is 1. The average Bonchev–Trinajstić information content (AvgIpc) is 2.92. The van der Waals surface area contributed by atoms with Gasteiger partial charge < -0.3 is 14.4 Å². The van der Waals surface area contributed by atoms with Crippen LogP contribution in [-0.2, 0) is 4.79 Å². The van der Waals surface area contributed by atoms with Crippen LogP contribution in [0.1, 0.15) is 25.0 Å². The van der Waals surface area contributed by atoms with Crippen LogP contribution in [0.2, 0.25) is 0 Å². The minimum atomic E-state index is -0.606. The molecule has 7 heteroatoms. The predicted octanol–water partition coefficient (Wildman–Crippen LogP) is 0.709. The highest BCUT2D eigenvalue weighted by Gasteiger charge is 2.19. The lowest BCUT2D eigenvalue weighted by Crippen LogP contribution is -2.48. The maximum atomic E-state index is 11.3. The quantitative estimate of drug-likeness (QED) is 0.866. The molecule has 1 saturated heterocycles. The Labute approximate surface area is 133 Å². The van der Waals surface area contributed by atoms with E-state index in [9.17, 15) is 14.7 Å². The van der Waals surface area contributed by atoms with Crippen molar-refractivity contribution in [3.63, 3.8) is 0 Å². The standard InChI is InChI=1S/C16H21N3O4/c1-11(20)19-8-6-18(7-9-19)5-4-14(21)12-2-3-13-15(10-12)23-16(22)17-13/h2-3,10,14,21H,4-9H2,1H3,(H,17,22). The summed E-state index contributed by atoms with van der Waals surface area (Å²) < 4.78 is 5.02. The fourth-order valence-electron chi connectivity index (χ4n) is 2.93. The molecule has 0 aliphatic carbocycles. The number of hydrogen-bond donors (Lipinski definition) is 2. The summed E-state index contributed by atoms with van der Waals surface area (Å²) in [7, 11) is 0. The van der Waals surface area contributed by atoms with Gasteiger partial charge in [-0.15, -0.1) is 0 Å². The lowest BCUT2D eigenvalue weighted by atomic mass is 10.1. The third-order valence-electron chi connectivity index (χ3n) is 4.37. The van der Waals surface area contributed by atoms with Crippen molar-refractivity contribution in [1.82, 2.24) is 14.8 Å². The Morgan fingerprint density at radius 3 is 2.78 bits per heavy atom. The van der Waals surface area contributed by atoms with Crippen molar-refractivity contribution in [2.24, 2.45) is 0 Å². The summed E-state index contributed by atoms with van der Waals surface area (Å²) in [5.41, 5.74) is 1.83. The van der Waals surface area contributed by atoms with E-state index in [1.807, 2.05) is 4.90 Å². The molecule has 2 N–H and O–H groups in total. The summed E-state index contributed by atoms with van der Waals surface area (Å²) >= 11 is 0. The molecule has 0 spiro atoms. The zero-order valence-corrected chi connectivity index (χ0v) is 13.1. The van der Waals surface area contributed by atoms with Gasteiger partial charge in [0.1, 0.15) is 0 Å². The van der Waals surface area contributed by atoms with Crippen molar-refractivity contribution in [1.29, 1.82) is 0 Å². The van der Waals surface area contributed by atoms with E-state index >= 15 is 0 Å². The first-order chi connectivity index (χ1) is 11.0. The lowest BCUT2D eigenvalue weighted by Gasteiger charge is -2.34. The largest absolute Gasteiger partial charge is 0.417 e. The first-order valence-corrected chi connectivity index (χ1v) is 7.81. The SMILES string of the molecule is CC(=O)N1CCN(CCC(O)c2ccc3[nH]c(=O)oc3c2)CC1. The van der Waals surface area contributed by atoms with Crippen molar-refractivity contribution < 1.29 is 14.3 Å². The Bertz CT molecular complexity index is 743. The van der Waals surface area contributed by atoms with Gasteiger partial charge in [0.15, 0.2) is 5.58 Å². The van der Waals surface area contributed by atoms with Crippen LogP contribution in [0.25, 0.3) is 11.1 Å². The highest BCUT2D eigenvalue weighted by atomic mass is 16.4. The fraction of sp³-hybridized carbons (Fsp3) is 0.500. The number of aromatic nitrogens is 1. The number of oxazole rings is 1. The summed E-state index contributed by atoms with van der Waals surface area (Å²) in [6, 6.07) is 5.24. The number of aliphatic hydroxyl groups is 1. The molecule has 1 aromatic carbocycles. The van der Waals surface area contributed by atoms with E-state index in [4.69, 9.17) is 4.42 Å². The molecule has 0 saturated carbocycles. The zero-order chi connectivity index (χ0) is 16.4. The van der Waals surface area contributed by atoms with E-state index in [2.05, 4.69) is 9.88 Å². The maximum Gasteiger partial charge on any atom is 0.417 e. The third kappa shape index (κ3) is 3.62. The zero-order valence-electron chi connectivity index (χ0n) is 13.1. The molecule has 1 aromatic heterocycles. The van der Waals surface area contributed by atoms with Gasteiger partial charge in [-0.05, 0) is 24.1 Å². The van der Waals surface area contributed by atoms with E-state index in [0.717, 1.165) is 38.3 Å². The van der Waals surface area contributed by atoms with Gasteiger partial charge >= 0.3 is 5.76 Å². The number of fused-ring (bicyclic) bond motifs is 1. The molecular formula is C16H21N3O4. The molecule has 23 heavy (non-hydrogen) atoms. The lowest BCUT2D eigenvalue weighted by molar-refractivity contribution is -0.130. The number of aromatic amines is 1. The molecule has 0 bridgehead atoms. The third-order valence-corrected chi connectivity index (χ3v) is 4.37. The van der Waals surface area contributed by atoms with Crippen molar-refractivity contribution in [3.05, 3.63) is 34.3 Å². The number of carbonyl (C=O) groups is 1. The predicted molar refractivity (Wildman–Crippen MR) is 85.1 cm³/mol. The minimum absolute atomic E-state index is 0.117. The van der Waals surface area contributed by atoms with Gasteiger partial charge in [-0.2, -0.15) is 0 Å². The highest BCUT2D eigenvalue weighted by molar-refractivity contribution is 5.73. The van der Waals surface area contributed by atoms with Crippen molar-refractivity contribution in [3.8, 4) is 0 Å². The second kappa shape index (κ2) is 6.55. The van der Waals surface area contributed by atoms with E-state index in [0.29, 0.717) is 17.5 Å². The van der Waals surface area contributed by atoms with Crippen LogP contribution in [-0.4, -0.2) is 58.5 Å². The van der Waals surface area contributed by atoms with Gasteiger partial charge in [-0.25, -0.2) is 4.79 Å². The molecule has 1 unspecified atom stereocenters. The molecule has 124 valence electrons. The van der Waals surface area contributed by atoms with Crippen molar-refractivity contribution in [2.75, 3.05) is 32.7 Å². The number of nitrogens with one attached hydrogen (secondary N) is 1. The van der Waals surface area contributed by atoms with Crippen LogP contribution in [0, 0.1) is 0 Å². The monoisotopic (exact) mass is 319 g/mol. The van der Waals surface area contributed by atoms with Crippen LogP contribution < -0.4 is 5.76 Å². The molecule has 3 rings (SSSR count). The Balaban J connectivity index is 1.55. The molecule has 1 amide bonds. The van der Waals surface area contributed by atoms with Gasteiger partial charge in [0, 0.05) is 39.6 Å².